The molecular formula is C13H27ClN2O. The number of hydrogen-bond acceptors (Lipinski definition) is 2. The van der Waals surface area contributed by atoms with Gasteiger partial charge in [0.2, 0.25) is 5.91 Å². The summed E-state index contributed by atoms with van der Waals surface area (Å²) in [6.45, 7) is 10.4. The summed E-state index contributed by atoms with van der Waals surface area (Å²) >= 11 is 0. The molecule has 0 aliphatic carbocycles. The van der Waals surface area contributed by atoms with Gasteiger partial charge < -0.3 is 10.2 Å². The summed E-state index contributed by atoms with van der Waals surface area (Å²) in [5.74, 6) is 0.161. The van der Waals surface area contributed by atoms with Crippen LogP contribution in [-0.4, -0.2) is 37.0 Å². The number of likely N-dealkylation sites (tertiary alicyclic amines) is 1. The van der Waals surface area contributed by atoms with Crippen LogP contribution in [0.5, 0.6) is 0 Å². The fourth-order valence-electron chi connectivity index (χ4n) is 1.93. The minimum Gasteiger partial charge on any atom is -0.356 e. The molecule has 0 spiro atoms. The lowest BCUT2D eigenvalue weighted by atomic mass is 9.96. The van der Waals surface area contributed by atoms with Crippen molar-refractivity contribution in [2.45, 2.75) is 46.5 Å². The van der Waals surface area contributed by atoms with Gasteiger partial charge >= 0.3 is 0 Å². The third-order valence-corrected chi connectivity index (χ3v) is 3.07. The molecule has 1 saturated heterocycles. The van der Waals surface area contributed by atoms with Gasteiger partial charge in [-0.05, 0) is 45.3 Å². The minimum atomic E-state index is -0.255. The molecule has 0 bridgehead atoms. The molecule has 0 aromatic heterocycles. The monoisotopic (exact) mass is 262 g/mol. The fourth-order valence-corrected chi connectivity index (χ4v) is 1.93. The van der Waals surface area contributed by atoms with E-state index < -0.39 is 0 Å². The summed E-state index contributed by atoms with van der Waals surface area (Å²) in [5, 5.41) is 2.99. The first-order valence-corrected chi connectivity index (χ1v) is 6.51. The lowest BCUT2D eigenvalue weighted by Crippen LogP contribution is -2.35. The number of unbranched alkanes of at least 4 members (excludes halogenated alkanes) is 1. The first-order valence-electron chi connectivity index (χ1n) is 6.51. The van der Waals surface area contributed by atoms with Gasteiger partial charge in [0.25, 0.3) is 0 Å². The van der Waals surface area contributed by atoms with E-state index in [9.17, 15) is 4.79 Å². The minimum absolute atomic E-state index is 0. The van der Waals surface area contributed by atoms with Crippen molar-refractivity contribution in [3.63, 3.8) is 0 Å². The summed E-state index contributed by atoms with van der Waals surface area (Å²) in [6.07, 6.45) is 5.02. The van der Waals surface area contributed by atoms with Gasteiger partial charge in [0.1, 0.15) is 0 Å². The number of amides is 1. The highest BCUT2D eigenvalue weighted by Crippen LogP contribution is 2.12. The Hall–Kier alpha value is -0.280. The first kappa shape index (κ1) is 16.7. The van der Waals surface area contributed by atoms with Crippen LogP contribution in [0.1, 0.15) is 46.5 Å². The van der Waals surface area contributed by atoms with Gasteiger partial charge in [-0.25, -0.2) is 0 Å². The molecular weight excluding hydrogens is 236 g/mol. The van der Waals surface area contributed by atoms with E-state index in [1.165, 1.54) is 38.9 Å². The Kier molecular flexibility index (Phi) is 7.80. The van der Waals surface area contributed by atoms with Crippen molar-refractivity contribution >= 4 is 18.3 Å². The Morgan fingerprint density at radius 1 is 1.18 bits per heavy atom. The fraction of sp³-hybridized carbons (Fsp3) is 0.923. The van der Waals surface area contributed by atoms with Crippen LogP contribution in [0.25, 0.3) is 0 Å². The molecule has 0 aromatic carbocycles. The normalized spacial score (nSPS) is 16.6. The molecule has 102 valence electrons. The zero-order valence-corrected chi connectivity index (χ0v) is 12.2. The summed E-state index contributed by atoms with van der Waals surface area (Å²) in [4.78, 5) is 14.1. The number of rotatable bonds is 5. The predicted octanol–water partition coefficient (Wildman–Crippen LogP) is 2.45. The average Bonchev–Trinajstić information content (AvgIpc) is 2.68. The number of carbonyl (C=O) groups is 1. The molecule has 17 heavy (non-hydrogen) atoms. The highest BCUT2D eigenvalue weighted by Gasteiger charge is 2.20. The van der Waals surface area contributed by atoms with Gasteiger partial charge in [0.05, 0.1) is 0 Å². The van der Waals surface area contributed by atoms with E-state index in [0.717, 1.165) is 13.0 Å². The van der Waals surface area contributed by atoms with Gasteiger partial charge in [0, 0.05) is 12.0 Å². The van der Waals surface area contributed by atoms with Gasteiger partial charge in [-0.3, -0.25) is 4.79 Å². The van der Waals surface area contributed by atoms with Gasteiger partial charge in [-0.1, -0.05) is 20.8 Å². The number of hydrogen-bond donors (Lipinski definition) is 1. The Morgan fingerprint density at radius 2 is 1.76 bits per heavy atom. The Morgan fingerprint density at radius 3 is 2.29 bits per heavy atom. The van der Waals surface area contributed by atoms with Crippen LogP contribution in [0, 0.1) is 5.41 Å². The Balaban J connectivity index is 0.00000256. The lowest BCUT2D eigenvalue weighted by Gasteiger charge is -2.18. The number of nitrogens with one attached hydrogen (secondary N) is 1. The van der Waals surface area contributed by atoms with Crippen LogP contribution in [0.2, 0.25) is 0 Å². The average molecular weight is 263 g/mol. The van der Waals surface area contributed by atoms with Crippen LogP contribution in [-0.2, 0) is 4.79 Å². The molecule has 4 heteroatoms. The molecule has 1 rings (SSSR count). The lowest BCUT2D eigenvalue weighted by molar-refractivity contribution is -0.128. The maximum atomic E-state index is 11.6. The van der Waals surface area contributed by atoms with Gasteiger partial charge in [-0.2, -0.15) is 0 Å². The highest BCUT2D eigenvalue weighted by atomic mass is 35.5. The molecule has 1 amide bonds. The summed E-state index contributed by atoms with van der Waals surface area (Å²) < 4.78 is 0. The smallest absolute Gasteiger partial charge is 0.225 e. The molecule has 1 N–H and O–H groups in total. The van der Waals surface area contributed by atoms with Crippen LogP contribution in [0.4, 0.5) is 0 Å². The van der Waals surface area contributed by atoms with Gasteiger partial charge in [-0.15, -0.1) is 12.4 Å². The second kappa shape index (κ2) is 7.93. The zero-order valence-electron chi connectivity index (χ0n) is 11.4. The van der Waals surface area contributed by atoms with Crippen molar-refractivity contribution in [1.29, 1.82) is 0 Å². The quantitative estimate of drug-likeness (QED) is 0.772. The highest BCUT2D eigenvalue weighted by molar-refractivity contribution is 5.85. The Bertz CT molecular complexity index is 220. The SMILES string of the molecule is CC(C)(C)C(=O)NCCCCN1CCCC1.Cl. The predicted molar refractivity (Wildman–Crippen MR) is 74.6 cm³/mol. The third-order valence-electron chi connectivity index (χ3n) is 3.07. The van der Waals surface area contributed by atoms with Gasteiger partial charge in [0.15, 0.2) is 0 Å². The maximum Gasteiger partial charge on any atom is 0.225 e. The molecule has 3 nitrogen and oxygen atoms in total. The van der Waals surface area contributed by atoms with Crippen molar-refractivity contribution < 1.29 is 4.79 Å². The van der Waals surface area contributed by atoms with Crippen molar-refractivity contribution in [3.05, 3.63) is 0 Å². The summed E-state index contributed by atoms with van der Waals surface area (Å²) in [6, 6.07) is 0. The van der Waals surface area contributed by atoms with Crippen LogP contribution >= 0.6 is 12.4 Å². The second-order valence-corrected chi connectivity index (χ2v) is 5.76. The largest absolute Gasteiger partial charge is 0.356 e. The standard InChI is InChI=1S/C13H26N2O.ClH/c1-13(2,3)12(16)14-8-4-5-9-15-10-6-7-11-15;/h4-11H2,1-3H3,(H,14,16);1H. The van der Waals surface area contributed by atoms with Crippen molar-refractivity contribution in [1.82, 2.24) is 10.2 Å². The van der Waals surface area contributed by atoms with Crippen LogP contribution in [0.15, 0.2) is 0 Å². The number of carbonyl (C=O) groups excluding carboxylic acids is 1. The van der Waals surface area contributed by atoms with Crippen LogP contribution < -0.4 is 5.32 Å². The first-order chi connectivity index (χ1) is 7.50. The van der Waals surface area contributed by atoms with E-state index in [4.69, 9.17) is 0 Å². The molecule has 0 radical (unpaired) electrons. The molecule has 1 aliphatic heterocycles. The molecule has 1 fully saturated rings. The molecule has 0 saturated carbocycles. The van der Waals surface area contributed by atoms with Crippen molar-refractivity contribution in [2.75, 3.05) is 26.2 Å². The third kappa shape index (κ3) is 6.89. The topological polar surface area (TPSA) is 32.3 Å². The number of halogens is 1. The molecule has 0 unspecified atom stereocenters. The molecule has 0 aromatic rings. The van der Waals surface area contributed by atoms with E-state index >= 15 is 0 Å². The molecule has 1 aliphatic rings. The van der Waals surface area contributed by atoms with Crippen LogP contribution in [0.3, 0.4) is 0 Å². The zero-order chi connectivity index (χ0) is 12.0. The maximum absolute atomic E-state index is 11.6. The summed E-state index contributed by atoms with van der Waals surface area (Å²) in [7, 11) is 0. The van der Waals surface area contributed by atoms with E-state index in [1.807, 2.05) is 20.8 Å². The van der Waals surface area contributed by atoms with E-state index in [2.05, 4.69) is 10.2 Å². The molecule has 0 atom stereocenters. The second-order valence-electron chi connectivity index (χ2n) is 5.76. The van der Waals surface area contributed by atoms with Crippen molar-refractivity contribution in [3.8, 4) is 0 Å². The van der Waals surface area contributed by atoms with E-state index in [1.54, 1.807) is 0 Å². The van der Waals surface area contributed by atoms with Crippen molar-refractivity contribution in [2.24, 2.45) is 5.41 Å². The summed E-state index contributed by atoms with van der Waals surface area (Å²) in [5.41, 5.74) is -0.255. The molecule has 1 heterocycles. The number of nitrogens with zero attached hydrogens (tertiary/aromatic N) is 1. The van der Waals surface area contributed by atoms with E-state index in [0.29, 0.717) is 0 Å². The van der Waals surface area contributed by atoms with E-state index in [-0.39, 0.29) is 23.7 Å². The Labute approximate surface area is 112 Å².